The topological polar surface area (TPSA) is 171 Å². The number of aliphatic carboxylic acids is 2. The average molecular weight is 799 g/mol. The first-order chi connectivity index (χ1) is 27.0. The van der Waals surface area contributed by atoms with Gasteiger partial charge in [-0.1, -0.05) is 91.7 Å². The summed E-state index contributed by atoms with van der Waals surface area (Å²) < 4.78 is 18.1. The van der Waals surface area contributed by atoms with Gasteiger partial charge < -0.3 is 24.4 Å². The van der Waals surface area contributed by atoms with E-state index in [4.69, 9.17) is 19.3 Å². The van der Waals surface area contributed by atoms with Gasteiger partial charge in [-0.2, -0.15) is 0 Å². The second-order valence-electron chi connectivity index (χ2n) is 19.4. The highest BCUT2D eigenvalue weighted by molar-refractivity contribution is 5.97. The lowest BCUT2D eigenvalue weighted by molar-refractivity contribution is -0.232. The Morgan fingerprint density at radius 1 is 0.895 bits per heavy atom. The molecule has 2 aliphatic heterocycles. The van der Waals surface area contributed by atoms with Crippen molar-refractivity contribution in [3.05, 3.63) is 12.2 Å². The number of hydrogen-bond donors (Lipinski definition) is 2. The molecule has 5 fully saturated rings. The molecule has 5 rings (SSSR count). The van der Waals surface area contributed by atoms with Crippen LogP contribution < -0.4 is 0 Å². The number of cyclic esters (lactones) is 4. The van der Waals surface area contributed by atoms with Gasteiger partial charge >= 0.3 is 35.8 Å². The minimum absolute atomic E-state index is 0.0558. The third-order valence-corrected chi connectivity index (χ3v) is 15.3. The Hall–Kier alpha value is -3.08. The number of carbonyl (C=O) groups is 6. The van der Waals surface area contributed by atoms with E-state index in [0.29, 0.717) is 44.9 Å². The van der Waals surface area contributed by atoms with Crippen LogP contribution >= 0.6 is 0 Å². The lowest BCUT2D eigenvalue weighted by Gasteiger charge is -2.64. The van der Waals surface area contributed by atoms with Gasteiger partial charge in [0, 0.05) is 11.8 Å². The number of esters is 4. The molecule has 0 aromatic rings. The Balaban J connectivity index is 1.49. The van der Waals surface area contributed by atoms with Gasteiger partial charge in [-0.3, -0.25) is 28.8 Å². The Labute approximate surface area is 339 Å². The number of unbranched alkanes of at least 4 members (excludes halogenated alkanes) is 6. The van der Waals surface area contributed by atoms with Crippen LogP contribution in [-0.4, -0.2) is 58.2 Å². The first kappa shape index (κ1) is 45.0. The number of carboxylic acids is 2. The number of rotatable bonds is 20. The molecule has 0 radical (unpaired) electrons. The summed E-state index contributed by atoms with van der Waals surface area (Å²) in [6, 6.07) is 0. The Morgan fingerprint density at radius 3 is 2.23 bits per heavy atom. The highest BCUT2D eigenvalue weighted by Crippen LogP contribution is 2.69. The second-order valence-corrected chi connectivity index (χ2v) is 19.4. The summed E-state index contributed by atoms with van der Waals surface area (Å²) in [6.45, 7) is 12.6. The molecule has 12 unspecified atom stereocenters. The van der Waals surface area contributed by atoms with Crippen LogP contribution in [0.25, 0.3) is 0 Å². The smallest absolute Gasteiger partial charge is 0.318 e. The fourth-order valence-corrected chi connectivity index (χ4v) is 12.7. The summed E-state index contributed by atoms with van der Waals surface area (Å²) in [7, 11) is 0. The van der Waals surface area contributed by atoms with Crippen molar-refractivity contribution in [3.8, 4) is 0 Å². The van der Waals surface area contributed by atoms with Gasteiger partial charge in [-0.25, -0.2) is 0 Å². The van der Waals surface area contributed by atoms with Gasteiger partial charge in [0.1, 0.15) is 0 Å². The van der Waals surface area contributed by atoms with Crippen molar-refractivity contribution in [1.82, 2.24) is 0 Å². The van der Waals surface area contributed by atoms with Crippen LogP contribution in [0.15, 0.2) is 12.2 Å². The number of ether oxygens (including phenoxy) is 3. The van der Waals surface area contributed by atoms with E-state index in [-0.39, 0.29) is 54.0 Å². The van der Waals surface area contributed by atoms with Crippen LogP contribution in [0.5, 0.6) is 0 Å². The first-order valence-electron chi connectivity index (χ1n) is 22.3. The maximum atomic E-state index is 14.0. The molecule has 12 atom stereocenters. The summed E-state index contributed by atoms with van der Waals surface area (Å²) in [5, 5.41) is 19.6. The normalized spacial score (nSPS) is 36.3. The SMILES string of the molecule is CCC/C=C/C(CCC(CCCCCCCCC(=O)O)OC1C(C(C)C)C(C)C2C(=O)OC(=O)C2C12CCC1C(C)(CCCC1(C)C(=O)O)C2)C1CC(=O)OC1=O. The Bertz CT molecular complexity index is 1520. The van der Waals surface area contributed by atoms with E-state index in [1.807, 2.05) is 6.92 Å². The molecule has 0 aromatic carbocycles. The zero-order chi connectivity index (χ0) is 41.7. The predicted octanol–water partition coefficient (Wildman–Crippen LogP) is 9.09. The number of hydrogen-bond acceptors (Lipinski definition) is 9. The number of carboxylic acid groups (broad SMARTS) is 2. The highest BCUT2D eigenvalue weighted by atomic mass is 16.6. The van der Waals surface area contributed by atoms with Crippen molar-refractivity contribution in [1.29, 1.82) is 0 Å². The molecular weight excluding hydrogens is 728 g/mol. The summed E-state index contributed by atoms with van der Waals surface area (Å²) in [6.07, 6.45) is 16.8. The molecule has 3 aliphatic carbocycles. The van der Waals surface area contributed by atoms with Gasteiger partial charge in [-0.15, -0.1) is 0 Å². The molecule has 11 nitrogen and oxygen atoms in total. The van der Waals surface area contributed by atoms with Crippen molar-refractivity contribution >= 4 is 35.8 Å². The highest BCUT2D eigenvalue weighted by Gasteiger charge is 2.71. The van der Waals surface area contributed by atoms with E-state index in [1.165, 1.54) is 0 Å². The van der Waals surface area contributed by atoms with E-state index in [2.05, 4.69) is 46.8 Å². The molecule has 0 aromatic heterocycles. The van der Waals surface area contributed by atoms with Crippen LogP contribution in [-0.2, 0) is 43.0 Å². The molecular formula is C46H70O11. The molecule has 1 spiro atoms. The maximum absolute atomic E-state index is 14.0. The zero-order valence-electron chi connectivity index (χ0n) is 35.4. The van der Waals surface area contributed by atoms with Crippen molar-refractivity contribution in [2.45, 2.75) is 176 Å². The summed E-state index contributed by atoms with van der Waals surface area (Å²) in [5.74, 6) is -5.67. The fraction of sp³-hybridized carbons (Fsp3) is 0.826. The van der Waals surface area contributed by atoms with E-state index in [1.54, 1.807) is 0 Å². The van der Waals surface area contributed by atoms with Crippen LogP contribution in [0.3, 0.4) is 0 Å². The minimum Gasteiger partial charge on any atom is -0.481 e. The van der Waals surface area contributed by atoms with Gasteiger partial charge in [0.2, 0.25) is 0 Å². The van der Waals surface area contributed by atoms with Crippen LogP contribution in [0.2, 0.25) is 0 Å². The van der Waals surface area contributed by atoms with Gasteiger partial charge in [0.15, 0.2) is 0 Å². The van der Waals surface area contributed by atoms with Gasteiger partial charge in [0.05, 0.1) is 41.8 Å². The van der Waals surface area contributed by atoms with Crippen LogP contribution in [0, 0.1) is 63.6 Å². The van der Waals surface area contributed by atoms with E-state index in [9.17, 15) is 33.9 Å². The van der Waals surface area contributed by atoms with E-state index in [0.717, 1.165) is 64.2 Å². The molecule has 57 heavy (non-hydrogen) atoms. The Morgan fingerprint density at radius 2 is 1.60 bits per heavy atom. The summed E-state index contributed by atoms with van der Waals surface area (Å²) >= 11 is 0. The lowest BCUT2D eigenvalue weighted by atomic mass is 9.40. The van der Waals surface area contributed by atoms with Crippen LogP contribution in [0.1, 0.15) is 164 Å². The quantitative estimate of drug-likeness (QED) is 0.0521. The largest absolute Gasteiger partial charge is 0.481 e. The van der Waals surface area contributed by atoms with E-state index < -0.39 is 70.5 Å². The van der Waals surface area contributed by atoms with E-state index >= 15 is 0 Å². The third kappa shape index (κ3) is 9.54. The Kier molecular flexibility index (Phi) is 14.9. The molecule has 2 heterocycles. The van der Waals surface area contributed by atoms with Crippen molar-refractivity contribution in [3.63, 3.8) is 0 Å². The molecule has 0 bridgehead atoms. The first-order valence-corrected chi connectivity index (χ1v) is 22.3. The lowest BCUT2D eigenvalue weighted by Crippen LogP contribution is -2.65. The zero-order valence-corrected chi connectivity index (χ0v) is 35.4. The second kappa shape index (κ2) is 18.9. The molecule has 5 aliphatic rings. The molecule has 320 valence electrons. The fourth-order valence-electron chi connectivity index (χ4n) is 12.7. The van der Waals surface area contributed by atoms with Crippen molar-refractivity contribution in [2.24, 2.45) is 63.6 Å². The summed E-state index contributed by atoms with van der Waals surface area (Å²) in [4.78, 5) is 76.6. The summed E-state index contributed by atoms with van der Waals surface area (Å²) in [5.41, 5.74) is -2.00. The molecule has 3 saturated carbocycles. The van der Waals surface area contributed by atoms with Crippen LogP contribution in [0.4, 0.5) is 0 Å². The third-order valence-electron chi connectivity index (χ3n) is 15.3. The molecule has 0 amide bonds. The van der Waals surface area contributed by atoms with Gasteiger partial charge in [-0.05, 0) is 106 Å². The van der Waals surface area contributed by atoms with Crippen molar-refractivity contribution in [2.75, 3.05) is 0 Å². The number of allylic oxidation sites excluding steroid dienone is 2. The molecule has 2 saturated heterocycles. The average Bonchev–Trinajstić information content (AvgIpc) is 3.64. The number of carbonyl (C=O) groups excluding carboxylic acids is 4. The molecule has 2 N–H and O–H groups in total. The van der Waals surface area contributed by atoms with Crippen molar-refractivity contribution < 1.29 is 53.2 Å². The minimum atomic E-state index is -0.880. The standard InChI is InChI=1S/C46H70O11/c1-7-8-13-17-30(32-26-35(49)56-40(32)50)20-21-31(18-14-11-9-10-12-15-19-34(47)48)55-39-36(28(2)3)29(4)37-38(42(52)57-41(37)51)46(39)25-22-33-44(5,27-46)23-16-24-45(33,6)43(53)54/h13,17,28-33,36-39H,7-12,14-16,18-27H2,1-6H3,(H,47,48)(H,53,54)/b17-13+. The maximum Gasteiger partial charge on any atom is 0.318 e. The monoisotopic (exact) mass is 798 g/mol. The number of fused-ring (bicyclic) bond motifs is 3. The van der Waals surface area contributed by atoms with Gasteiger partial charge in [0.25, 0.3) is 0 Å². The molecule has 11 heteroatoms. The predicted molar refractivity (Wildman–Crippen MR) is 212 cm³/mol.